The molecule has 0 aliphatic heterocycles. The van der Waals surface area contributed by atoms with Gasteiger partial charge in [-0.25, -0.2) is 13.4 Å². The first kappa shape index (κ1) is 13.1. The molecule has 0 saturated carbocycles. The van der Waals surface area contributed by atoms with Crippen molar-refractivity contribution in [3.05, 3.63) is 29.6 Å². The highest BCUT2D eigenvalue weighted by atomic mass is 32.2. The summed E-state index contributed by atoms with van der Waals surface area (Å²) in [5.41, 5.74) is 2.57. The summed E-state index contributed by atoms with van der Waals surface area (Å²) in [6.07, 6.45) is 2.65. The summed E-state index contributed by atoms with van der Waals surface area (Å²) in [5.74, 6) is 0. The molecule has 0 aromatic carbocycles. The fourth-order valence-electron chi connectivity index (χ4n) is 2.07. The van der Waals surface area contributed by atoms with Crippen LogP contribution in [0.15, 0.2) is 23.4 Å². The Bertz CT molecular complexity index is 706. The number of aromatic nitrogens is 2. The van der Waals surface area contributed by atoms with Gasteiger partial charge in [-0.15, -0.1) is 0 Å². The van der Waals surface area contributed by atoms with E-state index in [1.807, 2.05) is 19.1 Å². The predicted molar refractivity (Wildman–Crippen MR) is 71.7 cm³/mol. The van der Waals surface area contributed by atoms with E-state index < -0.39 is 9.84 Å². The summed E-state index contributed by atoms with van der Waals surface area (Å²) >= 11 is 0. The SMILES string of the molecule is Cc1ccc(C(C)(C)C)c2ncc(S(C)(=O)=O)n12. The van der Waals surface area contributed by atoms with Gasteiger partial charge >= 0.3 is 0 Å². The second kappa shape index (κ2) is 3.82. The van der Waals surface area contributed by atoms with E-state index in [0.717, 1.165) is 16.9 Å². The Morgan fingerprint density at radius 1 is 1.22 bits per heavy atom. The predicted octanol–water partition coefficient (Wildman–Crippen LogP) is 2.34. The Hall–Kier alpha value is -1.36. The maximum atomic E-state index is 11.8. The lowest BCUT2D eigenvalue weighted by Crippen LogP contribution is -2.14. The van der Waals surface area contributed by atoms with Crippen LogP contribution in [0.3, 0.4) is 0 Å². The number of aryl methyl sites for hydroxylation is 1. The van der Waals surface area contributed by atoms with Crippen LogP contribution in [-0.2, 0) is 15.3 Å². The number of fused-ring (bicyclic) bond motifs is 1. The molecule has 98 valence electrons. The zero-order valence-corrected chi connectivity index (χ0v) is 12.2. The molecular formula is C13H18N2O2S. The molecule has 0 radical (unpaired) electrons. The molecule has 18 heavy (non-hydrogen) atoms. The van der Waals surface area contributed by atoms with Gasteiger partial charge in [0.15, 0.2) is 14.9 Å². The molecule has 0 aliphatic carbocycles. The summed E-state index contributed by atoms with van der Waals surface area (Å²) in [4.78, 5) is 4.30. The fraction of sp³-hybridized carbons (Fsp3) is 0.462. The number of sulfone groups is 1. The quantitative estimate of drug-likeness (QED) is 0.796. The normalized spacial score (nSPS) is 13.2. The van der Waals surface area contributed by atoms with Crippen LogP contribution in [0.4, 0.5) is 0 Å². The lowest BCUT2D eigenvalue weighted by atomic mass is 9.87. The maximum absolute atomic E-state index is 11.8. The summed E-state index contributed by atoms with van der Waals surface area (Å²) in [5, 5.41) is 0.251. The first-order valence-electron chi connectivity index (χ1n) is 5.80. The third-order valence-corrected chi connectivity index (χ3v) is 4.05. The van der Waals surface area contributed by atoms with Crippen LogP contribution in [0.2, 0.25) is 0 Å². The largest absolute Gasteiger partial charge is 0.288 e. The van der Waals surface area contributed by atoms with Crippen LogP contribution in [-0.4, -0.2) is 24.1 Å². The van der Waals surface area contributed by atoms with Crippen molar-refractivity contribution in [3.8, 4) is 0 Å². The lowest BCUT2D eigenvalue weighted by molar-refractivity contribution is 0.587. The molecule has 5 heteroatoms. The molecule has 0 bridgehead atoms. The zero-order valence-electron chi connectivity index (χ0n) is 11.4. The van der Waals surface area contributed by atoms with Crippen molar-refractivity contribution in [1.29, 1.82) is 0 Å². The van der Waals surface area contributed by atoms with Crippen molar-refractivity contribution in [2.45, 2.75) is 38.1 Å². The molecule has 0 unspecified atom stereocenters. The Morgan fingerprint density at radius 2 is 1.83 bits per heavy atom. The lowest BCUT2D eigenvalue weighted by Gasteiger charge is -2.20. The molecule has 4 nitrogen and oxygen atoms in total. The molecule has 2 aromatic heterocycles. The number of nitrogens with zero attached hydrogens (tertiary/aromatic N) is 2. The second-order valence-electron chi connectivity index (χ2n) is 5.67. The smallest absolute Gasteiger partial charge is 0.192 e. The van der Waals surface area contributed by atoms with E-state index in [1.54, 1.807) is 4.40 Å². The van der Waals surface area contributed by atoms with Crippen LogP contribution in [0, 0.1) is 6.92 Å². The van der Waals surface area contributed by atoms with Gasteiger partial charge in [0.1, 0.15) is 5.65 Å². The van der Waals surface area contributed by atoms with Crippen LogP contribution < -0.4 is 0 Å². The number of hydrogen-bond acceptors (Lipinski definition) is 3. The number of hydrogen-bond donors (Lipinski definition) is 0. The van der Waals surface area contributed by atoms with E-state index in [0.29, 0.717) is 0 Å². The highest BCUT2D eigenvalue weighted by Gasteiger charge is 2.22. The maximum Gasteiger partial charge on any atom is 0.192 e. The van der Waals surface area contributed by atoms with Crippen LogP contribution in [0.5, 0.6) is 0 Å². The van der Waals surface area contributed by atoms with Gasteiger partial charge in [0, 0.05) is 17.5 Å². The molecule has 2 aromatic rings. The van der Waals surface area contributed by atoms with Gasteiger partial charge in [0.25, 0.3) is 0 Å². The molecule has 0 N–H and O–H groups in total. The van der Waals surface area contributed by atoms with Crippen molar-refractivity contribution >= 4 is 15.5 Å². The summed E-state index contributed by atoms with van der Waals surface area (Å²) in [7, 11) is -3.27. The number of imidazole rings is 1. The first-order chi connectivity index (χ1) is 8.12. The summed E-state index contributed by atoms with van der Waals surface area (Å²) < 4.78 is 25.2. The van der Waals surface area contributed by atoms with Crippen LogP contribution in [0.1, 0.15) is 32.0 Å². The van der Waals surface area contributed by atoms with E-state index in [-0.39, 0.29) is 10.4 Å². The molecule has 0 amide bonds. The average Bonchev–Trinajstić information content (AvgIpc) is 2.60. The fourth-order valence-corrected chi connectivity index (χ4v) is 2.87. The zero-order chi connectivity index (χ0) is 13.7. The molecule has 2 rings (SSSR count). The Morgan fingerprint density at radius 3 is 2.33 bits per heavy atom. The molecule has 0 aliphatic rings. The minimum absolute atomic E-state index is 0.0743. The van der Waals surface area contributed by atoms with E-state index in [2.05, 4.69) is 25.8 Å². The van der Waals surface area contributed by atoms with Crippen LogP contribution >= 0.6 is 0 Å². The minimum atomic E-state index is -3.27. The number of pyridine rings is 1. The standard InChI is InChI=1S/C13H18N2O2S/c1-9-6-7-10(13(2,3)4)12-14-8-11(15(9)12)18(5,16)17/h6-8H,1-5H3. The van der Waals surface area contributed by atoms with Crippen molar-refractivity contribution in [2.75, 3.05) is 6.26 Å². The molecule has 0 spiro atoms. The van der Waals surface area contributed by atoms with Crippen LogP contribution in [0.25, 0.3) is 5.65 Å². The van der Waals surface area contributed by atoms with E-state index in [4.69, 9.17) is 0 Å². The third-order valence-electron chi connectivity index (χ3n) is 3.00. The summed E-state index contributed by atoms with van der Waals surface area (Å²) in [6, 6.07) is 3.95. The monoisotopic (exact) mass is 266 g/mol. The molecule has 2 heterocycles. The first-order valence-corrected chi connectivity index (χ1v) is 7.69. The Kier molecular flexibility index (Phi) is 2.77. The van der Waals surface area contributed by atoms with Crippen molar-refractivity contribution in [1.82, 2.24) is 9.38 Å². The molecule has 0 saturated heterocycles. The molecule has 0 fully saturated rings. The highest BCUT2D eigenvalue weighted by Crippen LogP contribution is 2.28. The Labute approximate surface area is 108 Å². The van der Waals surface area contributed by atoms with Crippen molar-refractivity contribution in [3.63, 3.8) is 0 Å². The summed E-state index contributed by atoms with van der Waals surface area (Å²) in [6.45, 7) is 8.15. The topological polar surface area (TPSA) is 51.4 Å². The van der Waals surface area contributed by atoms with Crippen molar-refractivity contribution < 1.29 is 8.42 Å². The van der Waals surface area contributed by atoms with Gasteiger partial charge in [-0.2, -0.15) is 0 Å². The number of rotatable bonds is 1. The van der Waals surface area contributed by atoms with E-state index >= 15 is 0 Å². The van der Waals surface area contributed by atoms with Gasteiger partial charge in [-0.05, 0) is 18.4 Å². The van der Waals surface area contributed by atoms with Gasteiger partial charge in [0.2, 0.25) is 0 Å². The highest BCUT2D eigenvalue weighted by molar-refractivity contribution is 7.90. The Balaban J connectivity index is 2.93. The van der Waals surface area contributed by atoms with Gasteiger partial charge < -0.3 is 0 Å². The molecule has 0 atom stereocenters. The van der Waals surface area contributed by atoms with Crippen molar-refractivity contribution in [2.24, 2.45) is 0 Å². The van der Waals surface area contributed by atoms with Gasteiger partial charge in [-0.1, -0.05) is 26.8 Å². The van der Waals surface area contributed by atoms with E-state index in [1.165, 1.54) is 12.5 Å². The average molecular weight is 266 g/mol. The van der Waals surface area contributed by atoms with Gasteiger partial charge in [-0.3, -0.25) is 4.40 Å². The van der Waals surface area contributed by atoms with Gasteiger partial charge in [0.05, 0.1) is 6.20 Å². The van der Waals surface area contributed by atoms with E-state index in [9.17, 15) is 8.42 Å². The minimum Gasteiger partial charge on any atom is -0.288 e. The second-order valence-corrected chi connectivity index (χ2v) is 7.63. The third kappa shape index (κ3) is 2.03. The molecular weight excluding hydrogens is 248 g/mol.